The van der Waals surface area contributed by atoms with Gasteiger partial charge in [-0.05, 0) is 32.8 Å². The zero-order chi connectivity index (χ0) is 14.7. The second-order valence-corrected chi connectivity index (χ2v) is 5.29. The topological polar surface area (TPSA) is 92.1 Å². The van der Waals surface area contributed by atoms with Gasteiger partial charge in [-0.15, -0.1) is 0 Å². The summed E-state index contributed by atoms with van der Waals surface area (Å²) in [6.07, 6.45) is 4.13. The van der Waals surface area contributed by atoms with Crippen LogP contribution in [0.15, 0.2) is 15.6 Å². The zero-order valence-electron chi connectivity index (χ0n) is 11.9. The van der Waals surface area contributed by atoms with E-state index in [2.05, 4.69) is 5.16 Å². The highest BCUT2D eigenvalue weighted by Gasteiger charge is 2.30. The van der Waals surface area contributed by atoms with Crippen LogP contribution in [0.4, 0.5) is 0 Å². The molecule has 0 unspecified atom stereocenters. The Bertz CT molecular complexity index is 516. The van der Waals surface area contributed by atoms with E-state index in [1.807, 2.05) is 6.92 Å². The number of carbonyl (C=O) groups excluding carboxylic acids is 1. The molecular formula is C14H21N3O3. The third-order valence-corrected chi connectivity index (χ3v) is 3.76. The Labute approximate surface area is 118 Å². The SMILES string of the molecule is Cc1cc(C(=O)N(CC(N)=NO)C2CCCC2)c(C)o1. The summed E-state index contributed by atoms with van der Waals surface area (Å²) in [5.74, 6) is 1.25. The summed E-state index contributed by atoms with van der Waals surface area (Å²) >= 11 is 0. The molecule has 1 fully saturated rings. The van der Waals surface area contributed by atoms with Gasteiger partial charge in [-0.2, -0.15) is 0 Å². The number of rotatable bonds is 4. The molecule has 1 aromatic heterocycles. The summed E-state index contributed by atoms with van der Waals surface area (Å²) in [6.45, 7) is 3.73. The van der Waals surface area contributed by atoms with Crippen LogP contribution in [0, 0.1) is 13.8 Å². The highest BCUT2D eigenvalue weighted by Crippen LogP contribution is 2.26. The highest BCUT2D eigenvalue weighted by atomic mass is 16.4. The van der Waals surface area contributed by atoms with Gasteiger partial charge in [0.2, 0.25) is 0 Å². The molecular weight excluding hydrogens is 258 g/mol. The van der Waals surface area contributed by atoms with Crippen molar-refractivity contribution in [2.24, 2.45) is 10.9 Å². The third-order valence-electron chi connectivity index (χ3n) is 3.76. The monoisotopic (exact) mass is 279 g/mol. The molecule has 0 spiro atoms. The van der Waals surface area contributed by atoms with Crippen molar-refractivity contribution in [3.05, 3.63) is 23.2 Å². The van der Waals surface area contributed by atoms with Gasteiger partial charge in [0, 0.05) is 6.04 Å². The van der Waals surface area contributed by atoms with Crippen molar-refractivity contribution >= 4 is 11.7 Å². The molecule has 6 heteroatoms. The lowest BCUT2D eigenvalue weighted by Gasteiger charge is -2.28. The number of nitrogens with two attached hydrogens (primary N) is 1. The van der Waals surface area contributed by atoms with Gasteiger partial charge in [-0.1, -0.05) is 18.0 Å². The number of hydrogen-bond acceptors (Lipinski definition) is 4. The van der Waals surface area contributed by atoms with Gasteiger partial charge in [0.25, 0.3) is 5.91 Å². The average Bonchev–Trinajstić information content (AvgIpc) is 3.04. The van der Waals surface area contributed by atoms with Crippen LogP contribution in [0.1, 0.15) is 47.6 Å². The van der Waals surface area contributed by atoms with Crippen molar-refractivity contribution in [2.75, 3.05) is 6.54 Å². The lowest BCUT2D eigenvalue weighted by Crippen LogP contribution is -2.44. The Morgan fingerprint density at radius 2 is 2.15 bits per heavy atom. The Kier molecular flexibility index (Phi) is 4.32. The van der Waals surface area contributed by atoms with Gasteiger partial charge in [0.15, 0.2) is 5.84 Å². The zero-order valence-corrected chi connectivity index (χ0v) is 11.9. The number of furan rings is 1. The smallest absolute Gasteiger partial charge is 0.258 e. The number of aryl methyl sites for hydroxylation is 2. The molecule has 1 saturated carbocycles. The summed E-state index contributed by atoms with van der Waals surface area (Å²) < 4.78 is 5.42. The fourth-order valence-corrected chi connectivity index (χ4v) is 2.79. The number of carbonyl (C=O) groups is 1. The van der Waals surface area contributed by atoms with Crippen molar-refractivity contribution in [1.29, 1.82) is 0 Å². The fourth-order valence-electron chi connectivity index (χ4n) is 2.79. The van der Waals surface area contributed by atoms with E-state index in [1.165, 1.54) is 0 Å². The number of amides is 1. The molecule has 0 atom stereocenters. The van der Waals surface area contributed by atoms with E-state index >= 15 is 0 Å². The minimum atomic E-state index is -0.113. The lowest BCUT2D eigenvalue weighted by atomic mass is 10.1. The third kappa shape index (κ3) is 2.95. The largest absolute Gasteiger partial charge is 0.466 e. The van der Waals surface area contributed by atoms with Crippen LogP contribution in [0.25, 0.3) is 0 Å². The van der Waals surface area contributed by atoms with Gasteiger partial charge in [0.05, 0.1) is 12.1 Å². The standard InChI is InChI=1S/C14H21N3O3/c1-9-7-12(10(2)20-9)14(18)17(8-13(15)16-19)11-5-3-4-6-11/h7,11,19H,3-6,8H2,1-2H3,(H2,15,16). The molecule has 1 amide bonds. The minimum absolute atomic E-state index is 0.0446. The van der Waals surface area contributed by atoms with Crippen LogP contribution in [-0.2, 0) is 0 Å². The van der Waals surface area contributed by atoms with E-state index in [0.717, 1.165) is 25.7 Å². The van der Waals surface area contributed by atoms with Crippen molar-refractivity contribution in [2.45, 2.75) is 45.6 Å². The molecule has 0 aliphatic heterocycles. The molecule has 0 radical (unpaired) electrons. The van der Waals surface area contributed by atoms with Crippen LogP contribution in [0.3, 0.4) is 0 Å². The number of amidine groups is 1. The first-order valence-corrected chi connectivity index (χ1v) is 6.87. The van der Waals surface area contributed by atoms with E-state index in [9.17, 15) is 4.79 Å². The maximum atomic E-state index is 12.7. The Balaban J connectivity index is 2.25. The van der Waals surface area contributed by atoms with Gasteiger partial charge < -0.3 is 20.3 Å². The number of oxime groups is 1. The first kappa shape index (κ1) is 14.4. The second-order valence-electron chi connectivity index (χ2n) is 5.29. The van der Waals surface area contributed by atoms with Crippen LogP contribution >= 0.6 is 0 Å². The molecule has 2 rings (SSSR count). The molecule has 1 heterocycles. The molecule has 1 aliphatic rings. The molecule has 0 bridgehead atoms. The first-order chi connectivity index (χ1) is 9.52. The van der Waals surface area contributed by atoms with Crippen LogP contribution in [0.2, 0.25) is 0 Å². The van der Waals surface area contributed by atoms with Gasteiger partial charge >= 0.3 is 0 Å². The Morgan fingerprint density at radius 3 is 2.65 bits per heavy atom. The molecule has 6 nitrogen and oxygen atoms in total. The maximum absolute atomic E-state index is 12.7. The summed E-state index contributed by atoms with van der Waals surface area (Å²) in [5.41, 5.74) is 6.14. The summed E-state index contributed by atoms with van der Waals surface area (Å²) in [5, 5.41) is 11.7. The summed E-state index contributed by atoms with van der Waals surface area (Å²) in [6, 6.07) is 1.89. The molecule has 110 valence electrons. The predicted octanol–water partition coefficient (Wildman–Crippen LogP) is 2.03. The van der Waals surface area contributed by atoms with E-state index < -0.39 is 0 Å². The highest BCUT2D eigenvalue weighted by molar-refractivity contribution is 5.98. The molecule has 0 saturated heterocycles. The lowest BCUT2D eigenvalue weighted by molar-refractivity contribution is 0.0710. The molecule has 0 aromatic carbocycles. The van der Waals surface area contributed by atoms with Gasteiger partial charge in [-0.3, -0.25) is 4.79 Å². The van der Waals surface area contributed by atoms with E-state index in [1.54, 1.807) is 17.9 Å². The Morgan fingerprint density at radius 1 is 1.50 bits per heavy atom. The molecule has 20 heavy (non-hydrogen) atoms. The van der Waals surface area contributed by atoms with Crippen LogP contribution in [-0.4, -0.2) is 34.4 Å². The van der Waals surface area contributed by atoms with Crippen LogP contribution < -0.4 is 5.73 Å². The van der Waals surface area contributed by atoms with Crippen molar-refractivity contribution in [3.63, 3.8) is 0 Å². The maximum Gasteiger partial charge on any atom is 0.258 e. The second kappa shape index (κ2) is 5.98. The average molecular weight is 279 g/mol. The molecule has 1 aromatic rings. The van der Waals surface area contributed by atoms with E-state index in [4.69, 9.17) is 15.4 Å². The molecule has 1 aliphatic carbocycles. The summed E-state index contributed by atoms with van der Waals surface area (Å²) in [4.78, 5) is 14.4. The summed E-state index contributed by atoms with van der Waals surface area (Å²) in [7, 11) is 0. The van der Waals surface area contributed by atoms with Crippen molar-refractivity contribution < 1.29 is 14.4 Å². The first-order valence-electron chi connectivity index (χ1n) is 6.87. The fraction of sp³-hybridized carbons (Fsp3) is 0.571. The van der Waals surface area contributed by atoms with Crippen LogP contribution in [0.5, 0.6) is 0 Å². The van der Waals surface area contributed by atoms with Gasteiger partial charge in [0.1, 0.15) is 11.5 Å². The minimum Gasteiger partial charge on any atom is -0.466 e. The number of nitrogens with zero attached hydrogens (tertiary/aromatic N) is 2. The van der Waals surface area contributed by atoms with E-state index in [0.29, 0.717) is 17.1 Å². The van der Waals surface area contributed by atoms with Gasteiger partial charge in [-0.25, -0.2) is 0 Å². The predicted molar refractivity (Wildman–Crippen MR) is 74.9 cm³/mol. The normalized spacial score (nSPS) is 16.6. The molecule has 3 N–H and O–H groups in total. The Hall–Kier alpha value is -1.98. The van der Waals surface area contributed by atoms with E-state index in [-0.39, 0.29) is 24.3 Å². The van der Waals surface area contributed by atoms with Crippen molar-refractivity contribution in [1.82, 2.24) is 4.90 Å². The number of hydrogen-bond donors (Lipinski definition) is 2. The quantitative estimate of drug-likeness (QED) is 0.382. The van der Waals surface area contributed by atoms with Crippen molar-refractivity contribution in [3.8, 4) is 0 Å².